The zero-order valence-electron chi connectivity index (χ0n) is 20.4. The van der Waals surface area contributed by atoms with Crippen LogP contribution in [0.3, 0.4) is 0 Å². The zero-order chi connectivity index (χ0) is 27.5. The molecule has 0 unspecified atom stereocenters. The van der Waals surface area contributed by atoms with E-state index >= 15 is 0 Å². The van der Waals surface area contributed by atoms with Gasteiger partial charge in [-0.3, -0.25) is 20.2 Å². The number of hydrogen-bond donors (Lipinski definition) is 1. The molecule has 2 rings (SSSR count). The second-order valence-electron chi connectivity index (χ2n) is 6.98. The Hall–Kier alpha value is -4.66. The van der Waals surface area contributed by atoms with Crippen molar-refractivity contribution in [2.75, 3.05) is 54.7 Å². The highest BCUT2D eigenvalue weighted by molar-refractivity contribution is 5.95. The van der Waals surface area contributed by atoms with Gasteiger partial charge in [0, 0.05) is 25.2 Å². The van der Waals surface area contributed by atoms with E-state index in [1.54, 1.807) is 0 Å². The van der Waals surface area contributed by atoms with Gasteiger partial charge in [-0.05, 0) is 0 Å². The first-order valence-electron chi connectivity index (χ1n) is 10.5. The van der Waals surface area contributed by atoms with Gasteiger partial charge in [-0.2, -0.15) is 0 Å². The van der Waals surface area contributed by atoms with Crippen LogP contribution in [-0.4, -0.2) is 76.5 Å². The van der Waals surface area contributed by atoms with Gasteiger partial charge in [0.2, 0.25) is 0 Å². The minimum atomic E-state index is -0.889. The van der Waals surface area contributed by atoms with E-state index in [0.29, 0.717) is 0 Å². The molecular formula is C22H25N3O12. The van der Waals surface area contributed by atoms with Gasteiger partial charge in [-0.25, -0.2) is 9.59 Å². The molecule has 0 amide bonds. The number of ether oxygens (including phenoxy) is 6. The molecule has 0 fully saturated rings. The summed E-state index contributed by atoms with van der Waals surface area (Å²) >= 11 is 0. The summed E-state index contributed by atoms with van der Waals surface area (Å²) in [7, 11) is 4.85. The Balaban J connectivity index is 1.96. The van der Waals surface area contributed by atoms with Gasteiger partial charge in [0.1, 0.15) is 24.3 Å². The van der Waals surface area contributed by atoms with Crippen LogP contribution in [0.15, 0.2) is 24.3 Å². The van der Waals surface area contributed by atoms with Crippen LogP contribution >= 0.6 is 0 Å². The quantitative estimate of drug-likeness (QED) is 0.164. The Morgan fingerprint density at radius 1 is 0.703 bits per heavy atom. The number of carbonyl (C=O) groups is 2. The number of benzene rings is 2. The second kappa shape index (κ2) is 13.4. The van der Waals surface area contributed by atoms with Crippen LogP contribution < -0.4 is 24.3 Å². The fourth-order valence-corrected chi connectivity index (χ4v) is 3.08. The highest BCUT2D eigenvalue weighted by Gasteiger charge is 2.26. The molecule has 0 aromatic heterocycles. The van der Waals surface area contributed by atoms with Crippen LogP contribution in [0.4, 0.5) is 11.4 Å². The van der Waals surface area contributed by atoms with Crippen molar-refractivity contribution >= 4 is 23.3 Å². The molecule has 0 aliphatic heterocycles. The van der Waals surface area contributed by atoms with Crippen molar-refractivity contribution in [3.05, 3.63) is 55.6 Å². The Labute approximate surface area is 210 Å². The zero-order valence-corrected chi connectivity index (χ0v) is 20.4. The normalized spacial score (nSPS) is 10.3. The number of nitro groups is 2. The van der Waals surface area contributed by atoms with Crippen LogP contribution in [0.5, 0.6) is 23.0 Å². The molecule has 1 N–H and O–H groups in total. The van der Waals surface area contributed by atoms with Gasteiger partial charge in [0.05, 0.1) is 50.4 Å². The lowest BCUT2D eigenvalue weighted by Gasteiger charge is -2.14. The molecule has 2 aromatic rings. The number of nitro benzene ring substituents is 2. The molecule has 0 atom stereocenters. The van der Waals surface area contributed by atoms with Gasteiger partial charge in [-0.1, -0.05) is 0 Å². The Kier molecular flexibility index (Phi) is 10.4. The third kappa shape index (κ3) is 7.17. The summed E-state index contributed by atoms with van der Waals surface area (Å²) in [5.41, 5.74) is -1.54. The summed E-state index contributed by atoms with van der Waals surface area (Å²) in [5.74, 6) is -1.44. The fourth-order valence-electron chi connectivity index (χ4n) is 3.08. The molecule has 2 aromatic carbocycles. The van der Waals surface area contributed by atoms with Crippen molar-refractivity contribution in [1.82, 2.24) is 5.32 Å². The lowest BCUT2D eigenvalue weighted by molar-refractivity contribution is -0.385. The summed E-state index contributed by atoms with van der Waals surface area (Å²) in [6.45, 7) is 0.733. The molecule has 15 nitrogen and oxygen atoms in total. The molecule has 0 radical (unpaired) electrons. The van der Waals surface area contributed by atoms with Crippen LogP contribution in [0, 0.1) is 20.2 Å². The maximum Gasteiger partial charge on any atom is 0.345 e. The Morgan fingerprint density at radius 2 is 1.08 bits per heavy atom. The average Bonchev–Trinajstić information content (AvgIpc) is 2.90. The number of rotatable bonds is 14. The number of esters is 2. The maximum absolute atomic E-state index is 11.8. The number of nitrogens with zero attached hydrogens (tertiary/aromatic N) is 2. The smallest absolute Gasteiger partial charge is 0.345 e. The van der Waals surface area contributed by atoms with Gasteiger partial charge in [-0.15, -0.1) is 0 Å². The van der Waals surface area contributed by atoms with Crippen molar-refractivity contribution in [3.63, 3.8) is 0 Å². The van der Waals surface area contributed by atoms with Crippen LogP contribution in [0.25, 0.3) is 0 Å². The lowest BCUT2D eigenvalue weighted by atomic mass is 10.1. The number of methoxy groups -OCH3 is 4. The van der Waals surface area contributed by atoms with Crippen LogP contribution in [-0.2, 0) is 9.47 Å². The van der Waals surface area contributed by atoms with E-state index in [0.717, 1.165) is 26.4 Å². The Morgan fingerprint density at radius 3 is 1.38 bits per heavy atom. The first kappa shape index (κ1) is 28.6. The van der Waals surface area contributed by atoms with Crippen molar-refractivity contribution in [1.29, 1.82) is 0 Å². The van der Waals surface area contributed by atoms with Gasteiger partial charge in [0.15, 0.2) is 23.0 Å². The standard InChI is InChI=1S/C22H25N3O12/c1-32-17-9-13(21(26)34-3)15(24(28)29)11-19(17)36-7-5-23-6-8-37-20-12-16(25(30)31)14(22(27)35-4)10-18(20)33-2/h9-12,23H,5-8H2,1-4H3. The van der Waals surface area contributed by atoms with Crippen molar-refractivity contribution < 1.29 is 47.9 Å². The number of nitrogens with one attached hydrogen (secondary N) is 1. The number of carbonyl (C=O) groups excluding carboxylic acids is 2. The van der Waals surface area contributed by atoms with Gasteiger partial charge >= 0.3 is 11.9 Å². The predicted molar refractivity (Wildman–Crippen MR) is 126 cm³/mol. The summed E-state index contributed by atoms with van der Waals surface area (Å²) in [4.78, 5) is 44.9. The first-order chi connectivity index (χ1) is 17.7. The van der Waals surface area contributed by atoms with Crippen molar-refractivity contribution in [2.45, 2.75) is 0 Å². The molecular weight excluding hydrogens is 498 g/mol. The molecule has 200 valence electrons. The van der Waals surface area contributed by atoms with Crippen LogP contribution in [0.2, 0.25) is 0 Å². The van der Waals surface area contributed by atoms with Crippen molar-refractivity contribution in [3.8, 4) is 23.0 Å². The molecule has 0 saturated heterocycles. The van der Waals surface area contributed by atoms with E-state index in [2.05, 4.69) is 14.8 Å². The third-order valence-electron chi connectivity index (χ3n) is 4.84. The largest absolute Gasteiger partial charge is 0.493 e. The van der Waals surface area contributed by atoms with E-state index in [9.17, 15) is 29.8 Å². The first-order valence-corrected chi connectivity index (χ1v) is 10.5. The summed E-state index contributed by atoms with van der Waals surface area (Å²) in [5, 5.41) is 25.7. The molecule has 37 heavy (non-hydrogen) atoms. The molecule has 0 heterocycles. The molecule has 0 aliphatic carbocycles. The molecule has 0 saturated carbocycles. The topological polar surface area (TPSA) is 188 Å². The monoisotopic (exact) mass is 523 g/mol. The van der Waals surface area contributed by atoms with Crippen LogP contribution in [0.1, 0.15) is 20.7 Å². The molecule has 0 bridgehead atoms. The average molecular weight is 523 g/mol. The second-order valence-corrected chi connectivity index (χ2v) is 6.98. The van der Waals surface area contributed by atoms with Crippen molar-refractivity contribution in [2.24, 2.45) is 0 Å². The summed E-state index contributed by atoms with van der Waals surface area (Å²) < 4.78 is 30.5. The molecule has 0 aliphatic rings. The fraction of sp³-hybridized carbons (Fsp3) is 0.364. The highest BCUT2D eigenvalue weighted by Crippen LogP contribution is 2.36. The lowest BCUT2D eigenvalue weighted by Crippen LogP contribution is -2.26. The maximum atomic E-state index is 11.8. The van der Waals surface area contributed by atoms with Gasteiger partial charge in [0.25, 0.3) is 11.4 Å². The SMILES string of the molecule is COC(=O)c1cc(OC)c(OCCNCCOc2cc([N+](=O)[O-])c(C(=O)OC)cc2OC)cc1[N+](=O)[O-]. The Bertz CT molecular complexity index is 1080. The summed E-state index contributed by atoms with van der Waals surface area (Å²) in [6, 6.07) is 4.48. The van der Waals surface area contributed by atoms with E-state index in [-0.39, 0.29) is 60.4 Å². The van der Waals surface area contributed by atoms with E-state index in [1.165, 1.54) is 26.4 Å². The number of hydrogen-bond acceptors (Lipinski definition) is 13. The molecule has 15 heteroatoms. The summed E-state index contributed by atoms with van der Waals surface area (Å²) in [6.07, 6.45) is 0. The van der Waals surface area contributed by atoms with E-state index in [1.807, 2.05) is 0 Å². The van der Waals surface area contributed by atoms with Gasteiger partial charge < -0.3 is 33.7 Å². The van der Waals surface area contributed by atoms with E-state index < -0.39 is 33.2 Å². The minimum Gasteiger partial charge on any atom is -0.493 e. The predicted octanol–water partition coefficient (Wildman–Crippen LogP) is 2.14. The minimum absolute atomic E-state index is 0.0580. The third-order valence-corrected chi connectivity index (χ3v) is 4.84. The van der Waals surface area contributed by atoms with E-state index in [4.69, 9.17) is 18.9 Å². The highest BCUT2D eigenvalue weighted by atomic mass is 16.6. The molecule has 0 spiro atoms.